The third-order valence-corrected chi connectivity index (χ3v) is 5.13. The van der Waals surface area contributed by atoms with Crippen LogP contribution in [0.1, 0.15) is 26.5 Å². The van der Waals surface area contributed by atoms with E-state index in [2.05, 4.69) is 36.4 Å². The van der Waals surface area contributed by atoms with Crippen molar-refractivity contribution in [3.8, 4) is 0 Å². The molecule has 0 radical (unpaired) electrons. The molecule has 1 fully saturated rings. The number of thiazole rings is 1. The lowest BCUT2D eigenvalue weighted by atomic mass is 10.2. The second-order valence-corrected chi connectivity index (χ2v) is 7.25. The molecule has 0 aromatic carbocycles. The highest BCUT2D eigenvalue weighted by atomic mass is 32.2. The molecule has 5 heteroatoms. The summed E-state index contributed by atoms with van der Waals surface area (Å²) in [7, 11) is 0. The van der Waals surface area contributed by atoms with Crippen molar-refractivity contribution in [1.29, 1.82) is 0 Å². The van der Waals surface area contributed by atoms with Gasteiger partial charge >= 0.3 is 0 Å². The largest absolute Gasteiger partial charge is 0.344 e. The van der Waals surface area contributed by atoms with Crippen LogP contribution in [0.4, 0.5) is 5.13 Å². The van der Waals surface area contributed by atoms with E-state index in [1.54, 1.807) is 11.3 Å². The minimum atomic E-state index is 0.617. The molecule has 1 aliphatic heterocycles. The van der Waals surface area contributed by atoms with Gasteiger partial charge in [0.2, 0.25) is 0 Å². The van der Waals surface area contributed by atoms with E-state index in [0.717, 1.165) is 19.6 Å². The lowest BCUT2D eigenvalue weighted by molar-refractivity contribution is 0.549. The maximum Gasteiger partial charge on any atom is 0.185 e. The van der Waals surface area contributed by atoms with Crippen LogP contribution in [0.25, 0.3) is 0 Å². The van der Waals surface area contributed by atoms with Crippen molar-refractivity contribution in [2.45, 2.75) is 33.4 Å². The quantitative estimate of drug-likeness (QED) is 0.900. The Labute approximate surface area is 118 Å². The number of rotatable bonds is 5. The van der Waals surface area contributed by atoms with E-state index >= 15 is 0 Å². The van der Waals surface area contributed by atoms with Crippen molar-refractivity contribution in [2.75, 3.05) is 29.5 Å². The lowest BCUT2D eigenvalue weighted by Gasteiger charge is -2.32. The molecule has 0 aliphatic carbocycles. The molecule has 2 rings (SSSR count). The van der Waals surface area contributed by atoms with Crippen LogP contribution >= 0.6 is 23.1 Å². The third kappa shape index (κ3) is 3.87. The molecule has 1 atom stereocenters. The van der Waals surface area contributed by atoms with Gasteiger partial charge in [-0.15, -0.1) is 11.3 Å². The van der Waals surface area contributed by atoms with Crippen LogP contribution in [0.2, 0.25) is 0 Å². The highest BCUT2D eigenvalue weighted by Crippen LogP contribution is 2.26. The Hall–Kier alpha value is -0.260. The number of anilines is 1. The van der Waals surface area contributed by atoms with Crippen LogP contribution in [-0.2, 0) is 6.54 Å². The number of hydrogen-bond donors (Lipinski definition) is 1. The van der Waals surface area contributed by atoms with Crippen molar-refractivity contribution in [1.82, 2.24) is 10.3 Å². The molecule has 0 saturated carbocycles. The van der Waals surface area contributed by atoms with E-state index in [1.165, 1.54) is 22.3 Å². The average molecular weight is 285 g/mol. The Kier molecular flexibility index (Phi) is 5.33. The molecule has 1 N–H and O–H groups in total. The first-order chi connectivity index (χ1) is 8.66. The van der Waals surface area contributed by atoms with Gasteiger partial charge < -0.3 is 10.2 Å². The standard InChI is InChI=1S/C13H23N3S2/c1-10(2)6-14-7-12-9-18-13(15-12)16-4-5-17-8-11(16)3/h9-11,14H,4-8H2,1-3H3. The zero-order valence-corrected chi connectivity index (χ0v) is 13.1. The normalized spacial score (nSPS) is 20.7. The van der Waals surface area contributed by atoms with Gasteiger partial charge in [-0.05, 0) is 19.4 Å². The summed E-state index contributed by atoms with van der Waals surface area (Å²) >= 11 is 3.83. The van der Waals surface area contributed by atoms with Crippen molar-refractivity contribution in [3.05, 3.63) is 11.1 Å². The van der Waals surface area contributed by atoms with Gasteiger partial charge in [-0.25, -0.2) is 4.98 Å². The van der Waals surface area contributed by atoms with Crippen molar-refractivity contribution in [3.63, 3.8) is 0 Å². The minimum absolute atomic E-state index is 0.617. The summed E-state index contributed by atoms with van der Waals surface area (Å²) in [6.45, 7) is 9.84. The highest BCUT2D eigenvalue weighted by molar-refractivity contribution is 7.99. The van der Waals surface area contributed by atoms with Crippen LogP contribution in [-0.4, -0.2) is 35.6 Å². The van der Waals surface area contributed by atoms with Gasteiger partial charge in [-0.3, -0.25) is 0 Å². The summed E-state index contributed by atoms with van der Waals surface area (Å²) in [6.07, 6.45) is 0. The first-order valence-corrected chi connectivity index (χ1v) is 8.69. The van der Waals surface area contributed by atoms with E-state index in [-0.39, 0.29) is 0 Å². The maximum atomic E-state index is 4.75. The van der Waals surface area contributed by atoms with Gasteiger partial charge in [0, 0.05) is 36.0 Å². The van der Waals surface area contributed by atoms with Crippen molar-refractivity contribution < 1.29 is 0 Å². The molecule has 2 heterocycles. The smallest absolute Gasteiger partial charge is 0.185 e. The Balaban J connectivity index is 1.88. The summed E-state index contributed by atoms with van der Waals surface area (Å²) in [5.74, 6) is 3.15. The SMILES string of the molecule is CC(C)CNCc1csc(N2CCSCC2C)n1. The number of nitrogens with zero attached hydrogens (tertiary/aromatic N) is 2. The first kappa shape index (κ1) is 14.2. The predicted octanol–water partition coefficient (Wildman–Crippen LogP) is 2.83. The van der Waals surface area contributed by atoms with Crippen molar-refractivity contribution in [2.24, 2.45) is 5.92 Å². The van der Waals surface area contributed by atoms with E-state index in [4.69, 9.17) is 4.98 Å². The molecule has 1 saturated heterocycles. The van der Waals surface area contributed by atoms with Crippen molar-refractivity contribution >= 4 is 28.2 Å². The number of hydrogen-bond acceptors (Lipinski definition) is 5. The Morgan fingerprint density at radius 3 is 3.11 bits per heavy atom. The molecule has 18 heavy (non-hydrogen) atoms. The third-order valence-electron chi connectivity index (χ3n) is 3.01. The van der Waals surface area contributed by atoms with Gasteiger partial charge in [0.25, 0.3) is 0 Å². The monoisotopic (exact) mass is 285 g/mol. The summed E-state index contributed by atoms with van der Waals surface area (Å²) in [4.78, 5) is 7.21. The van der Waals surface area contributed by atoms with Crippen LogP contribution in [0.3, 0.4) is 0 Å². The molecule has 1 unspecified atom stereocenters. The maximum absolute atomic E-state index is 4.75. The number of nitrogens with one attached hydrogen (secondary N) is 1. The van der Waals surface area contributed by atoms with Gasteiger partial charge in [-0.1, -0.05) is 13.8 Å². The van der Waals surface area contributed by atoms with Gasteiger partial charge in [0.1, 0.15) is 0 Å². The summed E-state index contributed by atoms with van der Waals surface area (Å²) in [5, 5.41) is 6.84. The zero-order chi connectivity index (χ0) is 13.0. The molecule has 102 valence electrons. The van der Waals surface area contributed by atoms with E-state index < -0.39 is 0 Å². The van der Waals surface area contributed by atoms with E-state index in [1.807, 2.05) is 11.8 Å². The van der Waals surface area contributed by atoms with E-state index in [9.17, 15) is 0 Å². The van der Waals surface area contributed by atoms with Crippen LogP contribution in [0.5, 0.6) is 0 Å². The first-order valence-electron chi connectivity index (χ1n) is 6.66. The molecule has 0 bridgehead atoms. The van der Waals surface area contributed by atoms with Crippen LogP contribution in [0.15, 0.2) is 5.38 Å². The molecule has 0 amide bonds. The van der Waals surface area contributed by atoms with Gasteiger partial charge in [0.05, 0.1) is 5.69 Å². The summed E-state index contributed by atoms with van der Waals surface area (Å²) in [6, 6.07) is 0.617. The molecule has 1 aromatic rings. The Morgan fingerprint density at radius 1 is 1.56 bits per heavy atom. The molecule has 1 aliphatic rings. The average Bonchev–Trinajstić information content (AvgIpc) is 2.78. The Bertz CT molecular complexity index is 365. The molecular formula is C13H23N3S2. The molecular weight excluding hydrogens is 262 g/mol. The second-order valence-electron chi connectivity index (χ2n) is 5.26. The number of thioether (sulfide) groups is 1. The highest BCUT2D eigenvalue weighted by Gasteiger charge is 2.21. The fourth-order valence-electron chi connectivity index (χ4n) is 2.01. The summed E-state index contributed by atoms with van der Waals surface area (Å²) < 4.78 is 0. The predicted molar refractivity (Wildman–Crippen MR) is 82.8 cm³/mol. The second kappa shape index (κ2) is 6.78. The summed E-state index contributed by atoms with van der Waals surface area (Å²) in [5.41, 5.74) is 1.18. The molecule has 0 spiro atoms. The fraction of sp³-hybridized carbons (Fsp3) is 0.769. The molecule has 1 aromatic heterocycles. The minimum Gasteiger partial charge on any atom is -0.344 e. The topological polar surface area (TPSA) is 28.2 Å². The fourth-order valence-corrected chi connectivity index (χ4v) is 3.98. The molecule has 3 nitrogen and oxygen atoms in total. The lowest BCUT2D eigenvalue weighted by Crippen LogP contribution is -2.40. The Morgan fingerprint density at radius 2 is 2.39 bits per heavy atom. The van der Waals surface area contributed by atoms with Crippen LogP contribution < -0.4 is 10.2 Å². The van der Waals surface area contributed by atoms with Gasteiger partial charge in [0.15, 0.2) is 5.13 Å². The van der Waals surface area contributed by atoms with Crippen LogP contribution in [0, 0.1) is 5.92 Å². The number of aromatic nitrogens is 1. The van der Waals surface area contributed by atoms with E-state index in [0.29, 0.717) is 12.0 Å². The van der Waals surface area contributed by atoms with Gasteiger partial charge in [-0.2, -0.15) is 11.8 Å². The zero-order valence-electron chi connectivity index (χ0n) is 11.5.